The summed E-state index contributed by atoms with van der Waals surface area (Å²) in [5.74, 6) is 0.536. The molecule has 8 rings (SSSR count). The molecule has 11 heteroatoms. The van der Waals surface area contributed by atoms with Crippen molar-refractivity contribution >= 4 is 33.2 Å². The number of ether oxygens (including phenoxy) is 2. The van der Waals surface area contributed by atoms with E-state index in [9.17, 15) is 13.2 Å². The molecule has 1 saturated carbocycles. The molecule has 8 atom stereocenters. The van der Waals surface area contributed by atoms with Gasteiger partial charge in [-0.1, -0.05) is 36.7 Å². The Morgan fingerprint density at radius 1 is 1.08 bits per heavy atom. The standard InChI is InChI=1S/C42H57ClN4O5S/c1-27(2)47-23-34-20-35(47)22-45(34)25-42(51-5)17-6-8-28(3)29(4)53(49,50)44-40(48)31-11-15-39-38(19-31)46(21-32-10-13-37(32)42)24-41(26-52-39)16-7-9-30-18-33(43)12-14-36(30)41/h6,11-12,14-15,17-19,27-29,32,34-35,37H,7-10,13,16,20-26H2,1-5H3,(H,44,48)/b17-6-/t28-,29+,32-,34+,35+,37+,41-,42-/m0/s1. The number of methoxy groups -OCH3 is 1. The van der Waals surface area contributed by atoms with E-state index in [2.05, 4.69) is 57.6 Å². The highest BCUT2D eigenvalue weighted by atomic mass is 35.5. The average Bonchev–Trinajstić information content (AvgIpc) is 3.67. The Hall–Kier alpha value is -2.63. The van der Waals surface area contributed by atoms with Crippen molar-refractivity contribution in [3.63, 3.8) is 0 Å². The van der Waals surface area contributed by atoms with Crippen LogP contribution in [0.1, 0.15) is 87.7 Å². The summed E-state index contributed by atoms with van der Waals surface area (Å²) in [4.78, 5) is 21.5. The lowest BCUT2D eigenvalue weighted by Gasteiger charge is -2.52. The first-order valence-corrected chi connectivity index (χ1v) is 21.8. The Kier molecular flexibility index (Phi) is 9.95. The first kappa shape index (κ1) is 37.3. The zero-order valence-electron chi connectivity index (χ0n) is 32.0. The van der Waals surface area contributed by atoms with Gasteiger partial charge >= 0.3 is 0 Å². The smallest absolute Gasteiger partial charge is 0.264 e. The van der Waals surface area contributed by atoms with E-state index in [1.54, 1.807) is 13.0 Å². The molecular weight excluding hydrogens is 708 g/mol. The van der Waals surface area contributed by atoms with Crippen molar-refractivity contribution in [3.05, 3.63) is 70.3 Å². The monoisotopic (exact) mass is 764 g/mol. The molecule has 1 N–H and O–H groups in total. The highest BCUT2D eigenvalue weighted by Crippen LogP contribution is 2.50. The Labute approximate surface area is 321 Å². The summed E-state index contributed by atoms with van der Waals surface area (Å²) in [5.41, 5.74) is 2.96. The fourth-order valence-electron chi connectivity index (χ4n) is 10.7. The molecule has 2 aromatic rings. The van der Waals surface area contributed by atoms with Gasteiger partial charge in [0.25, 0.3) is 5.91 Å². The van der Waals surface area contributed by atoms with Crippen LogP contribution in [-0.4, -0.2) is 99.5 Å². The number of hydrogen-bond acceptors (Lipinski definition) is 8. The van der Waals surface area contributed by atoms with Gasteiger partial charge in [-0.25, -0.2) is 13.1 Å². The number of aryl methyl sites for hydroxylation is 1. The van der Waals surface area contributed by atoms with E-state index < -0.39 is 26.8 Å². The van der Waals surface area contributed by atoms with Crippen molar-refractivity contribution in [1.82, 2.24) is 14.5 Å². The minimum atomic E-state index is -3.95. The normalized spacial score (nSPS) is 36.3. The molecule has 288 valence electrons. The molecule has 9 nitrogen and oxygen atoms in total. The van der Waals surface area contributed by atoms with E-state index in [0.717, 1.165) is 81.3 Å². The third-order valence-electron chi connectivity index (χ3n) is 14.1. The SMILES string of the molecule is CO[C@]1(CN2C[C@H]3C[C@@H]2CN3C(C)C)/C=C\C[C@H](C)[C@@H](C)S(=O)(=O)NC(=O)c2ccc3c(c2)N(C[C@@H]2CC[C@H]21)C[C@@]1(CCCc2cc(Cl)ccc21)CO3. The lowest BCUT2D eigenvalue weighted by atomic mass is 9.63. The van der Waals surface area contributed by atoms with Crippen molar-refractivity contribution in [2.75, 3.05) is 51.3 Å². The number of nitrogens with one attached hydrogen (secondary N) is 1. The van der Waals surface area contributed by atoms with Gasteiger partial charge in [-0.2, -0.15) is 0 Å². The summed E-state index contributed by atoms with van der Waals surface area (Å²) in [6, 6.07) is 13.3. The Balaban J connectivity index is 1.19. The summed E-state index contributed by atoms with van der Waals surface area (Å²) in [6.07, 6.45) is 11.4. The minimum absolute atomic E-state index is 0.209. The van der Waals surface area contributed by atoms with Gasteiger partial charge < -0.3 is 14.4 Å². The number of carbonyl (C=O) groups is 1. The summed E-state index contributed by atoms with van der Waals surface area (Å²) in [7, 11) is -2.08. The zero-order chi connectivity index (χ0) is 37.3. The second-order valence-corrected chi connectivity index (χ2v) is 19.9. The second-order valence-electron chi connectivity index (χ2n) is 17.5. The molecule has 1 spiro atoms. The van der Waals surface area contributed by atoms with Gasteiger partial charge in [0.05, 0.1) is 17.5 Å². The molecule has 6 aliphatic rings. The van der Waals surface area contributed by atoms with Crippen molar-refractivity contribution in [2.45, 2.75) is 107 Å². The zero-order valence-corrected chi connectivity index (χ0v) is 33.6. The number of sulfonamides is 1. The Bertz CT molecular complexity index is 1870. The summed E-state index contributed by atoms with van der Waals surface area (Å²) >= 11 is 6.51. The number of likely N-dealkylation sites (tertiary alicyclic amines) is 2. The van der Waals surface area contributed by atoms with Crippen LogP contribution >= 0.6 is 11.6 Å². The number of halogens is 1. The summed E-state index contributed by atoms with van der Waals surface area (Å²) < 4.78 is 43.2. The Morgan fingerprint density at radius 2 is 1.91 bits per heavy atom. The van der Waals surface area contributed by atoms with Gasteiger partial charge in [0.1, 0.15) is 11.4 Å². The van der Waals surface area contributed by atoms with Crippen LogP contribution in [0.3, 0.4) is 0 Å². The molecule has 2 aliphatic carbocycles. The van der Waals surface area contributed by atoms with Crippen LogP contribution in [0.25, 0.3) is 0 Å². The number of benzene rings is 2. The van der Waals surface area contributed by atoms with Crippen molar-refractivity contribution < 1.29 is 22.7 Å². The van der Waals surface area contributed by atoms with Gasteiger partial charge in [0.2, 0.25) is 10.0 Å². The number of amides is 1. The van der Waals surface area contributed by atoms with Gasteiger partial charge in [0.15, 0.2) is 0 Å². The maximum absolute atomic E-state index is 13.7. The number of fused-ring (bicyclic) bond motifs is 6. The van der Waals surface area contributed by atoms with Crippen LogP contribution in [-0.2, 0) is 26.6 Å². The highest BCUT2D eigenvalue weighted by Gasteiger charge is 2.53. The lowest BCUT2D eigenvalue weighted by molar-refractivity contribution is -0.0972. The van der Waals surface area contributed by atoms with Crippen molar-refractivity contribution in [2.24, 2.45) is 17.8 Å². The Morgan fingerprint density at radius 3 is 2.62 bits per heavy atom. The molecule has 53 heavy (non-hydrogen) atoms. The topological polar surface area (TPSA) is 91.4 Å². The fraction of sp³-hybridized carbons (Fsp3) is 0.643. The number of anilines is 1. The van der Waals surface area contributed by atoms with Crippen LogP contribution in [0.2, 0.25) is 5.02 Å². The van der Waals surface area contributed by atoms with E-state index in [0.29, 0.717) is 42.6 Å². The van der Waals surface area contributed by atoms with E-state index in [-0.39, 0.29) is 17.3 Å². The molecule has 0 aromatic heterocycles. The van der Waals surface area contributed by atoms with E-state index in [4.69, 9.17) is 21.1 Å². The molecule has 4 bridgehead atoms. The maximum atomic E-state index is 13.7. The van der Waals surface area contributed by atoms with Crippen LogP contribution in [0, 0.1) is 17.8 Å². The molecule has 3 fully saturated rings. The molecule has 2 aromatic carbocycles. The number of hydrogen-bond donors (Lipinski definition) is 1. The van der Waals surface area contributed by atoms with E-state index in [1.165, 1.54) is 17.5 Å². The average molecular weight is 765 g/mol. The molecule has 1 amide bonds. The second kappa shape index (κ2) is 14.1. The number of nitrogens with zero attached hydrogens (tertiary/aromatic N) is 3. The predicted octanol–water partition coefficient (Wildman–Crippen LogP) is 6.44. The third-order valence-corrected chi connectivity index (χ3v) is 16.3. The van der Waals surface area contributed by atoms with Crippen molar-refractivity contribution in [1.29, 1.82) is 0 Å². The number of rotatable bonds is 4. The van der Waals surface area contributed by atoms with Gasteiger partial charge in [-0.05, 0) is 125 Å². The van der Waals surface area contributed by atoms with Crippen LogP contribution in [0.4, 0.5) is 5.69 Å². The number of piperazine rings is 1. The summed E-state index contributed by atoms with van der Waals surface area (Å²) in [5, 5.41) is -0.0171. The molecule has 4 aliphatic heterocycles. The highest BCUT2D eigenvalue weighted by molar-refractivity contribution is 7.90. The maximum Gasteiger partial charge on any atom is 0.264 e. The van der Waals surface area contributed by atoms with E-state index in [1.807, 2.05) is 32.2 Å². The molecule has 2 saturated heterocycles. The molecular formula is C42H57ClN4O5S. The van der Waals surface area contributed by atoms with Gasteiger partial charge in [0, 0.05) is 74.0 Å². The predicted molar refractivity (Wildman–Crippen MR) is 211 cm³/mol. The fourth-order valence-corrected chi connectivity index (χ4v) is 12.2. The van der Waals surface area contributed by atoms with E-state index >= 15 is 0 Å². The van der Waals surface area contributed by atoms with Crippen LogP contribution < -0.4 is 14.4 Å². The first-order chi connectivity index (χ1) is 25.3. The van der Waals surface area contributed by atoms with Crippen LogP contribution in [0.5, 0.6) is 5.75 Å². The van der Waals surface area contributed by atoms with Gasteiger partial charge in [-0.3, -0.25) is 14.6 Å². The minimum Gasteiger partial charge on any atom is -0.490 e. The van der Waals surface area contributed by atoms with Crippen LogP contribution in [0.15, 0.2) is 48.6 Å². The largest absolute Gasteiger partial charge is 0.490 e. The van der Waals surface area contributed by atoms with Crippen molar-refractivity contribution in [3.8, 4) is 5.75 Å². The quantitative estimate of drug-likeness (QED) is 0.357. The van der Waals surface area contributed by atoms with Gasteiger partial charge in [-0.15, -0.1) is 0 Å². The molecule has 0 unspecified atom stereocenters. The number of carbonyl (C=O) groups excluding carboxylic acids is 1. The lowest BCUT2D eigenvalue weighted by Crippen LogP contribution is -2.59. The summed E-state index contributed by atoms with van der Waals surface area (Å²) in [6.45, 7) is 13.3. The molecule has 0 radical (unpaired) electrons. The third kappa shape index (κ3) is 6.72. The first-order valence-electron chi connectivity index (χ1n) is 19.9. The molecule has 4 heterocycles. The number of allylic oxidation sites excluding steroid dienone is 1.